The summed E-state index contributed by atoms with van der Waals surface area (Å²) in [5.41, 5.74) is 16.8. The maximum atomic E-state index is 6.25. The highest BCUT2D eigenvalue weighted by Crippen LogP contribution is 2.44. The lowest BCUT2D eigenvalue weighted by atomic mass is 9.96. The van der Waals surface area contributed by atoms with E-state index in [1.54, 1.807) is 0 Å². The molecule has 64 heavy (non-hydrogen) atoms. The molecule has 2 nitrogen and oxygen atoms in total. The average molecular weight is 816 g/mol. The number of nitrogens with zero attached hydrogens (tertiary/aromatic N) is 1. The van der Waals surface area contributed by atoms with Crippen LogP contribution in [0, 0.1) is 0 Å². The van der Waals surface area contributed by atoms with Gasteiger partial charge in [0.05, 0.1) is 5.69 Å². The zero-order chi connectivity index (χ0) is 42.4. The van der Waals surface area contributed by atoms with Crippen LogP contribution in [0.25, 0.3) is 99.1 Å². The second-order valence-electron chi connectivity index (χ2n) is 16.5. The number of rotatable bonds is 8. The fraction of sp³-hybridized carbons (Fsp3) is 0. The van der Waals surface area contributed by atoms with E-state index < -0.39 is 0 Å². The zero-order valence-corrected chi connectivity index (χ0v) is 35.0. The molecule has 0 aliphatic heterocycles. The van der Waals surface area contributed by atoms with E-state index in [-0.39, 0.29) is 0 Å². The Kier molecular flexibility index (Phi) is 9.20. The van der Waals surface area contributed by atoms with Gasteiger partial charge in [-0.1, -0.05) is 194 Å². The van der Waals surface area contributed by atoms with Gasteiger partial charge in [0.15, 0.2) is 0 Å². The minimum absolute atomic E-state index is 0.888. The normalized spacial score (nSPS) is 11.4. The largest absolute Gasteiger partial charge is 0.456 e. The van der Waals surface area contributed by atoms with Crippen molar-refractivity contribution in [3.8, 4) is 55.6 Å². The summed E-state index contributed by atoms with van der Waals surface area (Å²) in [5.74, 6) is 0. The molecule has 0 fully saturated rings. The smallest absolute Gasteiger partial charge is 0.135 e. The highest BCUT2D eigenvalue weighted by Gasteiger charge is 2.19. The van der Waals surface area contributed by atoms with Gasteiger partial charge < -0.3 is 9.32 Å². The summed E-state index contributed by atoms with van der Waals surface area (Å²) in [7, 11) is 0. The third-order valence-electron chi connectivity index (χ3n) is 12.7. The lowest BCUT2D eigenvalue weighted by Gasteiger charge is -2.28. The molecule has 0 N–H and O–H groups in total. The fourth-order valence-corrected chi connectivity index (χ4v) is 9.40. The molecule has 300 valence electrons. The Labute approximate surface area is 372 Å². The molecule has 0 unspecified atom stereocenters. The molecule has 0 amide bonds. The van der Waals surface area contributed by atoms with Crippen LogP contribution in [-0.4, -0.2) is 0 Å². The topological polar surface area (TPSA) is 16.4 Å². The van der Waals surface area contributed by atoms with Gasteiger partial charge in [-0.15, -0.1) is 0 Å². The van der Waals surface area contributed by atoms with Gasteiger partial charge in [0.1, 0.15) is 11.2 Å². The van der Waals surface area contributed by atoms with Crippen LogP contribution in [0.4, 0.5) is 17.1 Å². The Hall–Kier alpha value is -8.46. The first-order chi connectivity index (χ1) is 31.7. The highest BCUT2D eigenvalue weighted by molar-refractivity contribution is 6.07. The predicted molar refractivity (Wildman–Crippen MR) is 271 cm³/mol. The number of anilines is 3. The Morgan fingerprint density at radius 3 is 1.58 bits per heavy atom. The van der Waals surface area contributed by atoms with Crippen LogP contribution in [-0.2, 0) is 0 Å². The molecule has 0 aliphatic carbocycles. The van der Waals surface area contributed by atoms with Gasteiger partial charge >= 0.3 is 0 Å². The molecule has 0 saturated carbocycles. The molecule has 0 atom stereocenters. The summed E-state index contributed by atoms with van der Waals surface area (Å²) in [4.78, 5) is 2.40. The van der Waals surface area contributed by atoms with Crippen molar-refractivity contribution in [3.63, 3.8) is 0 Å². The molecule has 12 aromatic rings. The summed E-state index contributed by atoms with van der Waals surface area (Å²) in [6.07, 6.45) is 0. The SMILES string of the molecule is c1cc(-c2ccc(-c3ccc4ccccc4c3)cc2)cc(N(c2ccc(-c3ccc(-c4cccc5ccccc45)cc3)cc2)c2ccccc2-c2ccc3oc4ccccc4c3c2)c1. The second kappa shape index (κ2) is 15.8. The van der Waals surface area contributed by atoms with Gasteiger partial charge in [0.2, 0.25) is 0 Å². The van der Waals surface area contributed by atoms with Crippen molar-refractivity contribution in [2.45, 2.75) is 0 Å². The van der Waals surface area contributed by atoms with Gasteiger partial charge in [-0.2, -0.15) is 0 Å². The summed E-state index contributed by atoms with van der Waals surface area (Å²) in [6, 6.07) is 89.8. The molecule has 0 bridgehead atoms. The average Bonchev–Trinajstić information content (AvgIpc) is 3.75. The van der Waals surface area contributed by atoms with Crippen LogP contribution in [0.2, 0.25) is 0 Å². The van der Waals surface area contributed by atoms with Crippen molar-refractivity contribution >= 4 is 60.5 Å². The van der Waals surface area contributed by atoms with E-state index in [9.17, 15) is 0 Å². The molecule has 12 rings (SSSR count). The fourth-order valence-electron chi connectivity index (χ4n) is 9.40. The van der Waals surface area contributed by atoms with Gasteiger partial charge in [-0.25, -0.2) is 0 Å². The maximum Gasteiger partial charge on any atom is 0.135 e. The lowest BCUT2D eigenvalue weighted by molar-refractivity contribution is 0.669. The van der Waals surface area contributed by atoms with Crippen molar-refractivity contribution < 1.29 is 4.42 Å². The Morgan fingerprint density at radius 2 is 0.781 bits per heavy atom. The van der Waals surface area contributed by atoms with Crippen LogP contribution < -0.4 is 4.90 Å². The Balaban J connectivity index is 0.933. The van der Waals surface area contributed by atoms with Crippen molar-refractivity contribution in [1.29, 1.82) is 0 Å². The molecule has 0 saturated heterocycles. The number of para-hydroxylation sites is 2. The molecule has 0 aliphatic rings. The van der Waals surface area contributed by atoms with E-state index in [1.165, 1.54) is 60.5 Å². The van der Waals surface area contributed by atoms with Crippen molar-refractivity contribution in [2.75, 3.05) is 4.90 Å². The number of hydrogen-bond acceptors (Lipinski definition) is 2. The molecule has 2 heteroatoms. The first kappa shape index (κ1) is 37.3. The quantitative estimate of drug-likeness (QED) is 0.152. The summed E-state index contributed by atoms with van der Waals surface area (Å²) >= 11 is 0. The van der Waals surface area contributed by atoms with E-state index in [2.05, 4.69) is 241 Å². The maximum absolute atomic E-state index is 6.25. The molecule has 1 heterocycles. The van der Waals surface area contributed by atoms with Crippen molar-refractivity contribution in [1.82, 2.24) is 0 Å². The predicted octanol–water partition coefficient (Wildman–Crippen LogP) is 17.7. The minimum Gasteiger partial charge on any atom is -0.456 e. The van der Waals surface area contributed by atoms with Gasteiger partial charge in [0, 0.05) is 27.7 Å². The van der Waals surface area contributed by atoms with Crippen LogP contribution in [0.15, 0.2) is 253 Å². The Morgan fingerprint density at radius 1 is 0.250 bits per heavy atom. The van der Waals surface area contributed by atoms with Crippen LogP contribution in [0.5, 0.6) is 0 Å². The first-order valence-corrected chi connectivity index (χ1v) is 21.9. The molecule has 1 aromatic heterocycles. The van der Waals surface area contributed by atoms with Crippen LogP contribution >= 0.6 is 0 Å². The molecule has 0 spiro atoms. The molecular weight excluding hydrogens is 775 g/mol. The number of furan rings is 1. The zero-order valence-electron chi connectivity index (χ0n) is 35.0. The van der Waals surface area contributed by atoms with Crippen molar-refractivity contribution in [2.24, 2.45) is 0 Å². The minimum atomic E-state index is 0.888. The summed E-state index contributed by atoms with van der Waals surface area (Å²) < 4.78 is 6.25. The molecule has 11 aromatic carbocycles. The number of hydrogen-bond donors (Lipinski definition) is 0. The van der Waals surface area contributed by atoms with E-state index in [4.69, 9.17) is 4.42 Å². The van der Waals surface area contributed by atoms with Gasteiger partial charge in [-0.3, -0.25) is 0 Å². The van der Waals surface area contributed by atoms with Crippen molar-refractivity contribution in [3.05, 3.63) is 249 Å². The standard InChI is InChI=1S/C62H41NO/c1-2-13-49-39-51(32-29-42(49)11-1)46-25-23-45(24-26-46)50-15-9-16-54(40-50)63(60-21-7-5-18-57(60)52-35-38-62-59(41-52)58-19-6-8-22-61(58)64-62)53-36-33-44(34-37-53)43-27-30-48(31-28-43)56-20-10-14-47-12-3-4-17-55(47)56/h1-41H. The molecule has 0 radical (unpaired) electrons. The second-order valence-corrected chi connectivity index (χ2v) is 16.5. The van der Waals surface area contributed by atoms with E-state index in [1.807, 2.05) is 12.1 Å². The lowest BCUT2D eigenvalue weighted by Crippen LogP contribution is -2.11. The third-order valence-corrected chi connectivity index (χ3v) is 12.7. The highest BCUT2D eigenvalue weighted by atomic mass is 16.3. The van der Waals surface area contributed by atoms with E-state index >= 15 is 0 Å². The third kappa shape index (κ3) is 6.79. The summed E-state index contributed by atoms with van der Waals surface area (Å²) in [5, 5.41) is 7.25. The van der Waals surface area contributed by atoms with E-state index in [0.717, 1.165) is 55.7 Å². The number of benzene rings is 11. The molecular formula is C62H41NO. The van der Waals surface area contributed by atoms with Crippen LogP contribution in [0.1, 0.15) is 0 Å². The van der Waals surface area contributed by atoms with E-state index in [0.29, 0.717) is 0 Å². The van der Waals surface area contributed by atoms with Gasteiger partial charge in [0.25, 0.3) is 0 Å². The monoisotopic (exact) mass is 815 g/mol. The van der Waals surface area contributed by atoms with Gasteiger partial charge in [-0.05, 0) is 126 Å². The van der Waals surface area contributed by atoms with Crippen LogP contribution in [0.3, 0.4) is 0 Å². The summed E-state index contributed by atoms with van der Waals surface area (Å²) in [6.45, 7) is 0. The first-order valence-electron chi connectivity index (χ1n) is 21.9. The number of fused-ring (bicyclic) bond motifs is 5. The Bertz CT molecular complexity index is 3650.